The van der Waals surface area contributed by atoms with Gasteiger partial charge in [0.1, 0.15) is 5.82 Å². The number of aromatic nitrogens is 3. The summed E-state index contributed by atoms with van der Waals surface area (Å²) in [5, 5.41) is 0. The van der Waals surface area contributed by atoms with Crippen LogP contribution in [0.1, 0.15) is 28.7 Å². The predicted octanol–water partition coefficient (Wildman–Crippen LogP) is 1.24. The lowest BCUT2D eigenvalue weighted by molar-refractivity contribution is 0.0999. The Morgan fingerprint density at radius 2 is 2.18 bits per heavy atom. The van der Waals surface area contributed by atoms with Crippen molar-refractivity contribution in [2.24, 2.45) is 5.73 Å². The highest BCUT2D eigenvalue weighted by atomic mass is 16.1. The average molecular weight is 230 g/mol. The molecule has 88 valence electrons. The topological polar surface area (TPSA) is 73.8 Å². The van der Waals surface area contributed by atoms with E-state index in [0.717, 1.165) is 17.8 Å². The van der Waals surface area contributed by atoms with Gasteiger partial charge in [-0.05, 0) is 18.6 Å². The maximum absolute atomic E-state index is 11.5. The molecule has 5 heteroatoms. The van der Waals surface area contributed by atoms with Crippen LogP contribution in [0.5, 0.6) is 0 Å². The maximum atomic E-state index is 11.5. The van der Waals surface area contributed by atoms with E-state index in [4.69, 9.17) is 5.73 Å². The van der Waals surface area contributed by atoms with Crippen molar-refractivity contribution in [3.8, 4) is 5.82 Å². The summed E-state index contributed by atoms with van der Waals surface area (Å²) in [5.41, 5.74) is 6.66. The first-order valence-electron chi connectivity index (χ1n) is 5.43. The molecule has 2 N–H and O–H groups in total. The number of carbonyl (C=O) groups excluding carboxylic acids is 1. The molecule has 2 heterocycles. The molecule has 0 unspecified atom stereocenters. The lowest BCUT2D eigenvalue weighted by atomic mass is 10.1. The number of primary amides is 1. The van der Waals surface area contributed by atoms with Crippen LogP contribution in [0.15, 0.2) is 24.7 Å². The number of aryl methyl sites for hydroxylation is 2. The first kappa shape index (κ1) is 11.3. The fraction of sp³-hybridized carbons (Fsp3) is 0.250. The molecule has 2 aromatic heterocycles. The third kappa shape index (κ3) is 1.91. The molecule has 5 nitrogen and oxygen atoms in total. The summed E-state index contributed by atoms with van der Waals surface area (Å²) in [6, 6.07) is 1.77. The van der Waals surface area contributed by atoms with E-state index in [1.54, 1.807) is 29.2 Å². The van der Waals surface area contributed by atoms with Crippen molar-refractivity contribution in [3.63, 3.8) is 0 Å². The van der Waals surface area contributed by atoms with Crippen LogP contribution in [-0.4, -0.2) is 20.4 Å². The van der Waals surface area contributed by atoms with Gasteiger partial charge in [-0.2, -0.15) is 0 Å². The molecule has 2 rings (SSSR count). The fourth-order valence-corrected chi connectivity index (χ4v) is 1.82. The normalized spacial score (nSPS) is 10.5. The van der Waals surface area contributed by atoms with Crippen LogP contribution in [0.3, 0.4) is 0 Å². The van der Waals surface area contributed by atoms with E-state index in [2.05, 4.69) is 9.97 Å². The number of nitrogens with two attached hydrogens (primary N) is 1. The van der Waals surface area contributed by atoms with E-state index >= 15 is 0 Å². The van der Waals surface area contributed by atoms with Crippen molar-refractivity contribution in [1.29, 1.82) is 0 Å². The van der Waals surface area contributed by atoms with E-state index in [9.17, 15) is 4.79 Å². The second-order valence-electron chi connectivity index (χ2n) is 3.76. The first-order valence-corrected chi connectivity index (χ1v) is 5.43. The molecular weight excluding hydrogens is 216 g/mol. The van der Waals surface area contributed by atoms with E-state index in [0.29, 0.717) is 11.4 Å². The van der Waals surface area contributed by atoms with Gasteiger partial charge in [0.15, 0.2) is 5.82 Å². The molecule has 0 aliphatic heterocycles. The van der Waals surface area contributed by atoms with Crippen molar-refractivity contribution in [2.45, 2.75) is 20.3 Å². The van der Waals surface area contributed by atoms with Gasteiger partial charge in [0.2, 0.25) is 0 Å². The fourth-order valence-electron chi connectivity index (χ4n) is 1.82. The lowest BCUT2D eigenvalue weighted by Gasteiger charge is -2.11. The van der Waals surface area contributed by atoms with Gasteiger partial charge >= 0.3 is 0 Å². The standard InChI is InChI=1S/C12H14N4O/c1-3-9-14-6-7-16(9)12-10(11(13)17)8(2)4-5-15-12/h4-7H,3H2,1-2H3,(H2,13,17). The van der Waals surface area contributed by atoms with Gasteiger partial charge in [0.05, 0.1) is 5.56 Å². The molecule has 0 bridgehead atoms. The van der Waals surface area contributed by atoms with Gasteiger partial charge < -0.3 is 5.73 Å². The maximum Gasteiger partial charge on any atom is 0.252 e. The molecule has 17 heavy (non-hydrogen) atoms. The zero-order valence-corrected chi connectivity index (χ0v) is 9.84. The zero-order chi connectivity index (χ0) is 12.4. The largest absolute Gasteiger partial charge is 0.365 e. The number of rotatable bonds is 3. The highest BCUT2D eigenvalue weighted by molar-refractivity contribution is 5.97. The summed E-state index contributed by atoms with van der Waals surface area (Å²) in [6.07, 6.45) is 5.90. The number of carbonyl (C=O) groups is 1. The van der Waals surface area contributed by atoms with Gasteiger partial charge in [-0.1, -0.05) is 6.92 Å². The number of hydrogen-bond acceptors (Lipinski definition) is 3. The summed E-state index contributed by atoms with van der Waals surface area (Å²) in [6.45, 7) is 3.84. The Hall–Kier alpha value is -2.17. The average Bonchev–Trinajstić information content (AvgIpc) is 2.75. The molecule has 0 saturated heterocycles. The van der Waals surface area contributed by atoms with Gasteiger partial charge in [-0.15, -0.1) is 0 Å². The molecule has 0 spiro atoms. The highest BCUT2D eigenvalue weighted by Crippen LogP contribution is 2.17. The summed E-state index contributed by atoms with van der Waals surface area (Å²) >= 11 is 0. The monoisotopic (exact) mass is 230 g/mol. The van der Waals surface area contributed by atoms with Crippen LogP contribution in [0.25, 0.3) is 5.82 Å². The van der Waals surface area contributed by atoms with Crippen LogP contribution >= 0.6 is 0 Å². The molecule has 0 aliphatic rings. The Labute approximate surface area is 99.3 Å². The van der Waals surface area contributed by atoms with Crippen molar-refractivity contribution >= 4 is 5.91 Å². The Morgan fingerprint density at radius 3 is 2.82 bits per heavy atom. The van der Waals surface area contributed by atoms with Crippen molar-refractivity contribution < 1.29 is 4.79 Å². The number of amides is 1. The van der Waals surface area contributed by atoms with Crippen LogP contribution in [0.4, 0.5) is 0 Å². The van der Waals surface area contributed by atoms with Gasteiger partial charge in [0.25, 0.3) is 5.91 Å². The predicted molar refractivity (Wildman–Crippen MR) is 64.0 cm³/mol. The van der Waals surface area contributed by atoms with Gasteiger partial charge in [-0.25, -0.2) is 9.97 Å². The van der Waals surface area contributed by atoms with Gasteiger partial charge in [-0.3, -0.25) is 9.36 Å². The third-order valence-corrected chi connectivity index (χ3v) is 2.65. The van der Waals surface area contributed by atoms with Gasteiger partial charge in [0, 0.05) is 25.0 Å². The van der Waals surface area contributed by atoms with E-state index in [1.807, 2.05) is 13.8 Å². The highest BCUT2D eigenvalue weighted by Gasteiger charge is 2.15. The summed E-state index contributed by atoms with van der Waals surface area (Å²) in [4.78, 5) is 19.9. The second-order valence-corrected chi connectivity index (χ2v) is 3.76. The Kier molecular flexibility index (Phi) is 2.91. The summed E-state index contributed by atoms with van der Waals surface area (Å²) in [5.74, 6) is 0.929. The molecular formula is C12H14N4O. The minimum Gasteiger partial charge on any atom is -0.365 e. The molecule has 0 aromatic carbocycles. The SMILES string of the molecule is CCc1nccn1-c1nccc(C)c1C(N)=O. The molecule has 0 saturated carbocycles. The molecule has 1 amide bonds. The molecule has 0 aliphatic carbocycles. The van der Waals surface area contributed by atoms with Crippen LogP contribution in [0.2, 0.25) is 0 Å². The number of pyridine rings is 1. The van der Waals surface area contributed by atoms with E-state index in [-0.39, 0.29) is 0 Å². The molecule has 2 aromatic rings. The smallest absolute Gasteiger partial charge is 0.252 e. The van der Waals surface area contributed by atoms with Crippen molar-refractivity contribution in [3.05, 3.63) is 41.6 Å². The minimum absolute atomic E-state index is 0.445. The Balaban J connectivity index is 2.67. The van der Waals surface area contributed by atoms with E-state index < -0.39 is 5.91 Å². The quantitative estimate of drug-likeness (QED) is 0.862. The van der Waals surface area contributed by atoms with Crippen LogP contribution < -0.4 is 5.73 Å². The molecule has 0 atom stereocenters. The summed E-state index contributed by atoms with van der Waals surface area (Å²) in [7, 11) is 0. The Morgan fingerprint density at radius 1 is 1.41 bits per heavy atom. The lowest BCUT2D eigenvalue weighted by Crippen LogP contribution is -2.18. The molecule has 0 fully saturated rings. The zero-order valence-electron chi connectivity index (χ0n) is 9.84. The number of hydrogen-bond donors (Lipinski definition) is 1. The second kappa shape index (κ2) is 4.37. The van der Waals surface area contributed by atoms with E-state index in [1.165, 1.54) is 0 Å². The number of nitrogens with zero attached hydrogens (tertiary/aromatic N) is 3. The number of imidazole rings is 1. The van der Waals surface area contributed by atoms with Crippen LogP contribution in [-0.2, 0) is 6.42 Å². The van der Waals surface area contributed by atoms with Crippen LogP contribution in [0, 0.1) is 6.92 Å². The van der Waals surface area contributed by atoms with Crippen molar-refractivity contribution in [1.82, 2.24) is 14.5 Å². The summed E-state index contributed by atoms with van der Waals surface area (Å²) < 4.78 is 1.80. The first-order chi connectivity index (χ1) is 8.15. The molecule has 0 radical (unpaired) electrons. The third-order valence-electron chi connectivity index (χ3n) is 2.65. The van der Waals surface area contributed by atoms with Crippen molar-refractivity contribution in [2.75, 3.05) is 0 Å². The Bertz CT molecular complexity index is 559. The minimum atomic E-state index is -0.471.